The third kappa shape index (κ3) is 3.90. The second-order valence-corrected chi connectivity index (χ2v) is 6.45. The number of hydrogen-bond acceptors (Lipinski definition) is 5. The number of morpholine rings is 1. The van der Waals surface area contributed by atoms with Gasteiger partial charge in [0, 0.05) is 17.8 Å². The Balaban J connectivity index is 2.02. The molecule has 3 heterocycles. The van der Waals surface area contributed by atoms with Gasteiger partial charge in [-0.1, -0.05) is 6.92 Å². The van der Waals surface area contributed by atoms with Gasteiger partial charge in [0.2, 0.25) is 0 Å². The molecule has 1 atom stereocenters. The van der Waals surface area contributed by atoms with E-state index >= 15 is 0 Å². The van der Waals surface area contributed by atoms with E-state index in [-0.39, 0.29) is 12.4 Å². The van der Waals surface area contributed by atoms with Gasteiger partial charge in [-0.05, 0) is 20.3 Å². The number of aryl methyl sites for hydroxylation is 2. The summed E-state index contributed by atoms with van der Waals surface area (Å²) in [6, 6.07) is -0.477. The maximum absolute atomic E-state index is 14.8. The number of ether oxygens (including phenoxy) is 1. The highest BCUT2D eigenvalue weighted by Gasteiger charge is 2.35. The molecule has 1 aliphatic heterocycles. The lowest BCUT2D eigenvalue weighted by Crippen LogP contribution is -2.41. The molecule has 0 unspecified atom stereocenters. The fourth-order valence-electron chi connectivity index (χ4n) is 3.46. The Hall–Kier alpha value is -2.23. The molecule has 1 fully saturated rings. The molecule has 0 radical (unpaired) electrons. The van der Waals surface area contributed by atoms with Crippen LogP contribution in [0.2, 0.25) is 0 Å². The van der Waals surface area contributed by atoms with Gasteiger partial charge in [0.15, 0.2) is 11.6 Å². The first-order valence-electron chi connectivity index (χ1n) is 8.67. The Morgan fingerprint density at radius 2 is 2.00 bits per heavy atom. The molecule has 0 aromatic carbocycles. The summed E-state index contributed by atoms with van der Waals surface area (Å²) < 4.78 is 59.7. The summed E-state index contributed by atoms with van der Waals surface area (Å²) in [5.74, 6) is -0.373. The summed E-state index contributed by atoms with van der Waals surface area (Å²) in [6.07, 6.45) is -2.66. The van der Waals surface area contributed by atoms with E-state index in [0.29, 0.717) is 42.2 Å². The fourth-order valence-corrected chi connectivity index (χ4v) is 3.46. The van der Waals surface area contributed by atoms with E-state index < -0.39 is 24.6 Å². The van der Waals surface area contributed by atoms with Crippen molar-refractivity contribution in [3.05, 3.63) is 34.8 Å². The minimum atomic E-state index is -4.38. The molecule has 0 aliphatic carbocycles. The van der Waals surface area contributed by atoms with Gasteiger partial charge in [-0.15, -0.1) is 0 Å². The zero-order chi connectivity index (χ0) is 19.8. The Labute approximate surface area is 154 Å². The van der Waals surface area contributed by atoms with Crippen LogP contribution in [0.25, 0.3) is 0 Å². The number of aromatic nitrogens is 4. The van der Waals surface area contributed by atoms with Gasteiger partial charge in [-0.25, -0.2) is 14.4 Å². The van der Waals surface area contributed by atoms with Crippen molar-refractivity contribution >= 4 is 5.82 Å². The van der Waals surface area contributed by atoms with E-state index in [4.69, 9.17) is 4.74 Å². The van der Waals surface area contributed by atoms with Crippen LogP contribution in [0.3, 0.4) is 0 Å². The van der Waals surface area contributed by atoms with E-state index in [0.717, 1.165) is 4.68 Å². The highest BCUT2D eigenvalue weighted by Crippen LogP contribution is 2.34. The molecule has 0 saturated carbocycles. The molecular weight excluding hydrogens is 366 g/mol. The van der Waals surface area contributed by atoms with E-state index in [2.05, 4.69) is 15.1 Å². The molecular formula is C17H21F4N5O. The second-order valence-electron chi connectivity index (χ2n) is 6.45. The normalized spacial score (nSPS) is 18.2. The van der Waals surface area contributed by atoms with E-state index in [1.54, 1.807) is 25.7 Å². The molecule has 0 amide bonds. The number of rotatable bonds is 4. The lowest BCUT2D eigenvalue weighted by atomic mass is 10.0. The standard InChI is InChI=1S/C17H21F4N5O/c1-4-12-15(18)16(23-9-22-12)25-5-6-27-7-13(25)14-10(2)24-26(11(14)3)8-17(19,20)21/h9,13H,4-8H2,1-3H3/t13-/m1/s1. The summed E-state index contributed by atoms with van der Waals surface area (Å²) in [6.45, 7) is 4.81. The molecule has 2 aromatic heterocycles. The van der Waals surface area contributed by atoms with Gasteiger partial charge in [0.25, 0.3) is 0 Å². The van der Waals surface area contributed by atoms with Crippen LogP contribution in [0.4, 0.5) is 23.4 Å². The smallest absolute Gasteiger partial charge is 0.377 e. The minimum absolute atomic E-state index is 0.137. The van der Waals surface area contributed by atoms with Gasteiger partial charge in [0.05, 0.1) is 30.6 Å². The summed E-state index contributed by atoms with van der Waals surface area (Å²) in [5.41, 5.74) is 1.75. The van der Waals surface area contributed by atoms with Crippen molar-refractivity contribution < 1.29 is 22.3 Å². The van der Waals surface area contributed by atoms with Crippen LogP contribution in [0.15, 0.2) is 6.33 Å². The first-order valence-corrected chi connectivity index (χ1v) is 8.67. The Morgan fingerprint density at radius 3 is 2.67 bits per heavy atom. The minimum Gasteiger partial charge on any atom is -0.377 e. The number of anilines is 1. The predicted octanol–water partition coefficient (Wildman–Crippen LogP) is 3.13. The molecule has 0 N–H and O–H groups in total. The predicted molar refractivity (Wildman–Crippen MR) is 90.0 cm³/mol. The molecule has 6 nitrogen and oxygen atoms in total. The van der Waals surface area contributed by atoms with E-state index in [1.807, 2.05) is 0 Å². The Morgan fingerprint density at radius 1 is 1.26 bits per heavy atom. The van der Waals surface area contributed by atoms with Gasteiger partial charge < -0.3 is 9.64 Å². The number of hydrogen-bond donors (Lipinski definition) is 0. The first-order chi connectivity index (χ1) is 12.7. The lowest BCUT2D eigenvalue weighted by molar-refractivity contribution is -0.142. The third-order valence-electron chi connectivity index (χ3n) is 4.68. The maximum Gasteiger partial charge on any atom is 0.408 e. The van der Waals surface area contributed by atoms with Gasteiger partial charge in [0.1, 0.15) is 12.9 Å². The van der Waals surface area contributed by atoms with Crippen LogP contribution in [0.5, 0.6) is 0 Å². The van der Waals surface area contributed by atoms with Crippen LogP contribution in [-0.2, 0) is 17.7 Å². The SMILES string of the molecule is CCc1ncnc(N2CCOC[C@@H]2c2c(C)nn(CC(F)(F)F)c2C)c1F. The highest BCUT2D eigenvalue weighted by molar-refractivity contribution is 5.47. The lowest BCUT2D eigenvalue weighted by Gasteiger charge is -2.37. The first kappa shape index (κ1) is 19.5. The van der Waals surface area contributed by atoms with Crippen molar-refractivity contribution in [3.63, 3.8) is 0 Å². The van der Waals surface area contributed by atoms with E-state index in [1.165, 1.54) is 6.33 Å². The van der Waals surface area contributed by atoms with Crippen LogP contribution in [-0.4, -0.2) is 45.7 Å². The monoisotopic (exact) mass is 387 g/mol. The molecule has 1 aliphatic rings. The fraction of sp³-hybridized carbons (Fsp3) is 0.588. The van der Waals surface area contributed by atoms with Crippen molar-refractivity contribution in [1.29, 1.82) is 0 Å². The molecule has 10 heteroatoms. The molecule has 0 bridgehead atoms. The molecule has 27 heavy (non-hydrogen) atoms. The van der Waals surface area contributed by atoms with Crippen molar-refractivity contribution in [2.75, 3.05) is 24.7 Å². The molecule has 148 valence electrons. The topological polar surface area (TPSA) is 56.1 Å². The highest BCUT2D eigenvalue weighted by atomic mass is 19.4. The number of nitrogens with zero attached hydrogens (tertiary/aromatic N) is 5. The summed E-state index contributed by atoms with van der Waals surface area (Å²) >= 11 is 0. The van der Waals surface area contributed by atoms with Crippen molar-refractivity contribution in [2.24, 2.45) is 0 Å². The zero-order valence-electron chi connectivity index (χ0n) is 15.3. The molecule has 2 aromatic rings. The van der Waals surface area contributed by atoms with Crippen LogP contribution in [0, 0.1) is 19.7 Å². The summed E-state index contributed by atoms with van der Waals surface area (Å²) in [7, 11) is 0. The van der Waals surface area contributed by atoms with Gasteiger partial charge in [-0.3, -0.25) is 4.68 Å². The van der Waals surface area contributed by atoms with Crippen molar-refractivity contribution in [3.8, 4) is 0 Å². The Kier molecular flexibility index (Phi) is 5.36. The van der Waals surface area contributed by atoms with Crippen molar-refractivity contribution in [1.82, 2.24) is 19.7 Å². The molecule has 3 rings (SSSR count). The largest absolute Gasteiger partial charge is 0.408 e. The quantitative estimate of drug-likeness (QED) is 0.755. The van der Waals surface area contributed by atoms with E-state index in [9.17, 15) is 17.6 Å². The average molecular weight is 387 g/mol. The maximum atomic E-state index is 14.8. The van der Waals surface area contributed by atoms with Crippen LogP contribution in [0.1, 0.15) is 35.6 Å². The molecule has 0 spiro atoms. The summed E-state index contributed by atoms with van der Waals surface area (Å²) in [4.78, 5) is 9.76. The zero-order valence-corrected chi connectivity index (χ0v) is 15.3. The Bertz CT molecular complexity index is 820. The average Bonchev–Trinajstić information content (AvgIpc) is 2.87. The van der Waals surface area contributed by atoms with Crippen LogP contribution >= 0.6 is 0 Å². The molecule has 1 saturated heterocycles. The number of alkyl halides is 3. The second kappa shape index (κ2) is 7.41. The van der Waals surface area contributed by atoms with Crippen molar-refractivity contribution in [2.45, 2.75) is 46.0 Å². The van der Waals surface area contributed by atoms with Gasteiger partial charge in [-0.2, -0.15) is 18.3 Å². The van der Waals surface area contributed by atoms with Gasteiger partial charge >= 0.3 is 6.18 Å². The third-order valence-corrected chi connectivity index (χ3v) is 4.68. The number of halogens is 4. The van der Waals surface area contributed by atoms with Crippen LogP contribution < -0.4 is 4.90 Å². The summed E-state index contributed by atoms with van der Waals surface area (Å²) in [5, 5.41) is 4.04.